The molecule has 0 saturated heterocycles. The number of carbonyl (C=O) groups is 2. The van der Waals surface area contributed by atoms with Crippen molar-refractivity contribution in [3.05, 3.63) is 238 Å². The van der Waals surface area contributed by atoms with E-state index in [1.165, 1.54) is 0 Å². The molecule has 0 aliphatic heterocycles. The highest BCUT2D eigenvalue weighted by Crippen LogP contribution is 2.39. The second-order valence-corrected chi connectivity index (χ2v) is 23.4. The Balaban J connectivity index is 1.26. The fourth-order valence-corrected chi connectivity index (χ4v) is 16.3. The zero-order valence-corrected chi connectivity index (χ0v) is 38.0. The van der Waals surface area contributed by atoms with E-state index in [1.807, 2.05) is 24.3 Å². The molecule has 4 nitrogen and oxygen atoms in total. The molecule has 0 atom stereocenters. The Hall–Kier alpha value is -6.87. The third-order valence-electron chi connectivity index (χ3n) is 12.3. The minimum absolute atomic E-state index is 0.243. The maximum absolute atomic E-state index is 15.7. The molecule has 0 bridgehead atoms. The van der Waals surface area contributed by atoms with Crippen molar-refractivity contribution >= 4 is 59.3 Å². The van der Waals surface area contributed by atoms with E-state index in [9.17, 15) is 4.79 Å². The van der Waals surface area contributed by atoms with Crippen LogP contribution in [0.1, 0.15) is 65.2 Å². The monoisotopic (exact) mass is 840 g/mol. The van der Waals surface area contributed by atoms with Crippen LogP contribution in [0.4, 0.5) is 0 Å². The fraction of sp³-hybridized carbons (Fsp3) is 0.107. The van der Waals surface area contributed by atoms with Gasteiger partial charge in [0.05, 0.1) is 11.1 Å². The number of hydrogen-bond donors (Lipinski definition) is 0. The fourth-order valence-electron chi connectivity index (χ4n) is 8.76. The van der Waals surface area contributed by atoms with Crippen LogP contribution < -0.4 is 40.0 Å². The van der Waals surface area contributed by atoms with Crippen molar-refractivity contribution in [3.63, 3.8) is 0 Å². The Morgan fingerprint density at radius 1 is 0.290 bits per heavy atom. The molecule has 6 heteroatoms. The highest BCUT2D eigenvalue weighted by Gasteiger charge is 2.48. The molecule has 0 aromatic heterocycles. The van der Waals surface area contributed by atoms with Gasteiger partial charge in [-0.3, -0.25) is 9.59 Å². The van der Waals surface area contributed by atoms with Gasteiger partial charge in [-0.1, -0.05) is 203 Å². The highest BCUT2D eigenvalue weighted by molar-refractivity contribution is 7.08. The van der Waals surface area contributed by atoms with Crippen molar-refractivity contribution in [2.75, 3.05) is 0 Å². The van der Waals surface area contributed by atoms with Crippen LogP contribution in [0.15, 0.2) is 182 Å². The lowest BCUT2D eigenvalue weighted by Crippen LogP contribution is -2.71. The Labute approximate surface area is 366 Å². The quantitative estimate of drug-likeness (QED) is 0.103. The van der Waals surface area contributed by atoms with Crippen molar-refractivity contribution in [1.29, 1.82) is 0 Å². The van der Waals surface area contributed by atoms with Crippen LogP contribution in [0.5, 0.6) is 11.5 Å². The van der Waals surface area contributed by atoms with E-state index >= 15 is 4.79 Å². The molecule has 8 aromatic carbocycles. The van der Waals surface area contributed by atoms with Gasteiger partial charge >= 0.3 is 16.6 Å². The van der Waals surface area contributed by atoms with Gasteiger partial charge in [0.25, 0.3) is 0 Å². The molecule has 0 fully saturated rings. The molecular formula is C56H48O4Si2. The molecular weight excluding hydrogens is 793 g/mol. The van der Waals surface area contributed by atoms with E-state index in [4.69, 9.17) is 8.85 Å². The van der Waals surface area contributed by atoms with E-state index in [0.29, 0.717) is 22.6 Å². The van der Waals surface area contributed by atoms with Crippen LogP contribution in [-0.4, -0.2) is 28.2 Å². The van der Waals surface area contributed by atoms with Gasteiger partial charge in [-0.25, -0.2) is 0 Å². The molecule has 62 heavy (non-hydrogen) atoms. The standard InChI is InChI=1S/C56H48O4Si2/c1-37-13-25-43(26-14-37)61(44-27-15-38(2)16-28-44,45-29-17-39(3)18-30-45)59-51-11-7-9-49-53(51)56(58)54-50(55(49)57)10-8-12-52(54)60-62(46-31-19-40(4)20-32-46,47-33-21-41(5)22-34-47)48-35-23-42(6)24-36-48/h7-36H,1-6H3. The summed E-state index contributed by atoms with van der Waals surface area (Å²) < 4.78 is 15.3. The van der Waals surface area contributed by atoms with Gasteiger partial charge in [0.2, 0.25) is 5.78 Å². The zero-order valence-electron chi connectivity index (χ0n) is 36.0. The van der Waals surface area contributed by atoms with E-state index in [-0.39, 0.29) is 22.7 Å². The lowest BCUT2D eigenvalue weighted by atomic mass is 9.83. The normalized spacial score (nSPS) is 12.4. The van der Waals surface area contributed by atoms with Gasteiger partial charge < -0.3 is 8.85 Å². The van der Waals surface area contributed by atoms with Crippen LogP contribution in [0.25, 0.3) is 0 Å². The SMILES string of the molecule is Cc1ccc([Si](Oc2cccc3c2C(=O)c2c(O[Si](c4ccc(C)cc4)(c4ccc(C)cc4)c4ccc(C)cc4)cccc2C3=O)(c2ccc(C)cc2)c2ccc(C)cc2)cc1. The predicted molar refractivity (Wildman–Crippen MR) is 257 cm³/mol. The summed E-state index contributed by atoms with van der Waals surface area (Å²) in [5.74, 6) is 0.190. The van der Waals surface area contributed by atoms with Crippen molar-refractivity contribution in [1.82, 2.24) is 0 Å². The van der Waals surface area contributed by atoms with Crippen LogP contribution >= 0.6 is 0 Å². The third kappa shape index (κ3) is 7.05. The van der Waals surface area contributed by atoms with E-state index in [0.717, 1.165) is 64.5 Å². The predicted octanol–water partition coefficient (Wildman–Crippen LogP) is 8.40. The number of fused-ring (bicyclic) bond motifs is 2. The minimum atomic E-state index is -3.42. The summed E-state index contributed by atoms with van der Waals surface area (Å²) in [6, 6.07) is 62.0. The smallest absolute Gasteiger partial charge is 0.346 e. The summed E-state index contributed by atoms with van der Waals surface area (Å²) in [5, 5.41) is 6.15. The van der Waals surface area contributed by atoms with Gasteiger partial charge in [-0.2, -0.15) is 0 Å². The molecule has 0 N–H and O–H groups in total. The number of carbonyl (C=O) groups excluding carboxylic acids is 2. The molecule has 9 rings (SSSR count). The summed E-state index contributed by atoms with van der Waals surface area (Å²) in [4.78, 5) is 30.6. The summed E-state index contributed by atoms with van der Waals surface area (Å²) in [7, 11) is -6.84. The van der Waals surface area contributed by atoms with Gasteiger partial charge in [0.1, 0.15) is 11.5 Å². The average molecular weight is 841 g/mol. The first-order valence-corrected chi connectivity index (χ1v) is 25.0. The van der Waals surface area contributed by atoms with E-state index in [1.54, 1.807) is 12.1 Å². The van der Waals surface area contributed by atoms with Gasteiger partial charge in [0.15, 0.2) is 5.78 Å². The molecule has 0 heterocycles. The lowest BCUT2D eigenvalue weighted by molar-refractivity contribution is 0.0976. The number of hydrogen-bond acceptors (Lipinski definition) is 4. The summed E-state index contributed by atoms with van der Waals surface area (Å²) >= 11 is 0. The molecule has 304 valence electrons. The van der Waals surface area contributed by atoms with Crippen molar-refractivity contribution in [2.24, 2.45) is 0 Å². The Bertz CT molecular complexity index is 2530. The number of rotatable bonds is 10. The number of aryl methyl sites for hydroxylation is 6. The van der Waals surface area contributed by atoms with Crippen molar-refractivity contribution in [3.8, 4) is 11.5 Å². The Morgan fingerprint density at radius 3 is 0.742 bits per heavy atom. The highest BCUT2D eigenvalue weighted by atomic mass is 28.4. The third-order valence-corrected chi connectivity index (χ3v) is 20.2. The lowest BCUT2D eigenvalue weighted by Gasteiger charge is -2.36. The van der Waals surface area contributed by atoms with Crippen LogP contribution in [0.3, 0.4) is 0 Å². The van der Waals surface area contributed by atoms with E-state index in [2.05, 4.69) is 187 Å². The number of benzene rings is 8. The maximum Gasteiger partial charge on any atom is 0.346 e. The van der Waals surface area contributed by atoms with Gasteiger partial charge in [-0.05, 0) is 84.8 Å². The van der Waals surface area contributed by atoms with Crippen LogP contribution in [0.2, 0.25) is 0 Å². The van der Waals surface area contributed by atoms with Crippen LogP contribution in [0, 0.1) is 41.5 Å². The summed E-state index contributed by atoms with van der Waals surface area (Å²) in [6.07, 6.45) is 0. The first-order valence-electron chi connectivity index (χ1n) is 21.1. The second kappa shape index (κ2) is 16.2. The molecule has 0 spiro atoms. The van der Waals surface area contributed by atoms with E-state index < -0.39 is 16.6 Å². The average Bonchev–Trinajstić information content (AvgIpc) is 3.28. The summed E-state index contributed by atoms with van der Waals surface area (Å²) in [6.45, 7) is 12.5. The maximum atomic E-state index is 15.7. The minimum Gasteiger partial charge on any atom is -0.530 e. The van der Waals surface area contributed by atoms with Crippen LogP contribution in [-0.2, 0) is 0 Å². The molecule has 0 saturated carbocycles. The second-order valence-electron chi connectivity index (χ2n) is 16.8. The van der Waals surface area contributed by atoms with Gasteiger partial charge in [0, 0.05) is 11.1 Å². The molecule has 0 radical (unpaired) electrons. The first-order chi connectivity index (χ1) is 30.0. The number of ketones is 2. The molecule has 1 aliphatic carbocycles. The molecule has 1 aliphatic rings. The van der Waals surface area contributed by atoms with Gasteiger partial charge in [-0.15, -0.1) is 0 Å². The zero-order chi connectivity index (χ0) is 43.2. The molecule has 8 aromatic rings. The topological polar surface area (TPSA) is 52.6 Å². The van der Waals surface area contributed by atoms with Crippen molar-refractivity contribution in [2.45, 2.75) is 41.5 Å². The van der Waals surface area contributed by atoms with Crippen molar-refractivity contribution < 1.29 is 18.4 Å². The molecule has 0 amide bonds. The Morgan fingerprint density at radius 2 is 0.516 bits per heavy atom. The summed E-state index contributed by atoms with van der Waals surface area (Å²) in [5.41, 5.74) is 7.92. The Kier molecular flexibility index (Phi) is 10.6. The molecule has 0 unspecified atom stereocenters. The first kappa shape index (κ1) is 40.5. The largest absolute Gasteiger partial charge is 0.530 e.